The van der Waals surface area contributed by atoms with Gasteiger partial charge in [0.25, 0.3) is 0 Å². The van der Waals surface area contributed by atoms with Crippen LogP contribution in [0.5, 0.6) is 0 Å². The minimum Gasteiger partial charge on any atom is -0.369 e. The number of carbonyl (C=O) groups excluding carboxylic acids is 1. The average molecular weight is 399 g/mol. The molecule has 1 fully saturated rings. The van der Waals surface area contributed by atoms with Gasteiger partial charge in [-0.2, -0.15) is 4.37 Å². The topological polar surface area (TPSA) is 62.5 Å². The maximum atomic E-state index is 13.6. The number of halogens is 1. The molecule has 3 aromatic rings. The molecule has 7 heteroatoms. The number of nitrogens with zero attached hydrogens (tertiary/aromatic N) is 3. The highest BCUT2D eigenvalue weighted by Crippen LogP contribution is 2.29. The van der Waals surface area contributed by atoms with Crippen molar-refractivity contribution in [3.63, 3.8) is 0 Å². The molecule has 1 amide bonds. The fourth-order valence-electron chi connectivity index (χ4n) is 3.75. The molecular weight excluding hydrogens is 375 g/mol. The molecule has 146 valence electrons. The first kappa shape index (κ1) is 18.8. The number of primary amides is 1. The molecule has 28 heavy (non-hydrogen) atoms. The Hall–Kier alpha value is -2.51. The molecule has 1 saturated heterocycles. The Labute approximate surface area is 167 Å². The van der Waals surface area contributed by atoms with Gasteiger partial charge in [0.15, 0.2) is 0 Å². The van der Waals surface area contributed by atoms with Gasteiger partial charge in [-0.1, -0.05) is 18.2 Å². The summed E-state index contributed by atoms with van der Waals surface area (Å²) >= 11 is 1.55. The fraction of sp³-hybridized carbons (Fsp3) is 0.333. The van der Waals surface area contributed by atoms with E-state index in [1.807, 2.05) is 6.07 Å². The third-order valence-corrected chi connectivity index (χ3v) is 6.08. The molecule has 1 aliphatic rings. The monoisotopic (exact) mass is 398 g/mol. The number of hydrogen-bond donors (Lipinski definition) is 1. The Morgan fingerprint density at radius 3 is 2.68 bits per heavy atom. The van der Waals surface area contributed by atoms with Crippen LogP contribution in [0.25, 0.3) is 10.1 Å². The third kappa shape index (κ3) is 4.15. The van der Waals surface area contributed by atoms with E-state index in [2.05, 4.69) is 32.4 Å². The van der Waals surface area contributed by atoms with Crippen molar-refractivity contribution < 1.29 is 9.18 Å². The number of amides is 1. The van der Waals surface area contributed by atoms with Gasteiger partial charge in [0.1, 0.15) is 11.6 Å². The molecule has 2 N–H and O–H groups in total. The van der Waals surface area contributed by atoms with Gasteiger partial charge >= 0.3 is 0 Å². The smallest absolute Gasteiger partial charge is 0.221 e. The van der Waals surface area contributed by atoms with Crippen molar-refractivity contribution in [1.29, 1.82) is 0 Å². The molecule has 4 rings (SSSR count). The second kappa shape index (κ2) is 8.24. The lowest BCUT2D eigenvalue weighted by atomic mass is 10.0. The Bertz CT molecular complexity index is 981. The number of piperazine rings is 1. The molecule has 0 spiro atoms. The van der Waals surface area contributed by atoms with Crippen LogP contribution in [0.4, 0.5) is 10.2 Å². The van der Waals surface area contributed by atoms with Gasteiger partial charge < -0.3 is 10.6 Å². The van der Waals surface area contributed by atoms with Crippen molar-refractivity contribution in [1.82, 2.24) is 9.27 Å². The molecule has 5 nitrogen and oxygen atoms in total. The Balaban J connectivity index is 1.36. The van der Waals surface area contributed by atoms with E-state index in [4.69, 9.17) is 5.73 Å². The first-order valence-electron chi connectivity index (χ1n) is 9.47. The van der Waals surface area contributed by atoms with Gasteiger partial charge in [-0.05, 0) is 53.3 Å². The number of fused-ring (bicyclic) bond motifs is 1. The lowest BCUT2D eigenvalue weighted by Crippen LogP contribution is -2.47. The lowest BCUT2D eigenvalue weighted by Gasteiger charge is -2.35. The SMILES string of the molecule is NC(=O)Cc1ccc(F)cc1CCN1CCN(c2nsc3ccccc23)CC1. The van der Waals surface area contributed by atoms with Crippen LogP contribution < -0.4 is 10.6 Å². The largest absolute Gasteiger partial charge is 0.369 e. The average Bonchev–Trinajstić information content (AvgIpc) is 3.12. The summed E-state index contributed by atoms with van der Waals surface area (Å²) in [5.74, 6) is 0.412. The van der Waals surface area contributed by atoms with E-state index in [9.17, 15) is 9.18 Å². The molecule has 1 aliphatic heterocycles. The van der Waals surface area contributed by atoms with E-state index in [0.717, 1.165) is 49.7 Å². The molecule has 1 aromatic heterocycles. The highest BCUT2D eigenvalue weighted by molar-refractivity contribution is 7.13. The fourth-order valence-corrected chi connectivity index (χ4v) is 4.55. The minimum atomic E-state index is -0.392. The summed E-state index contributed by atoms with van der Waals surface area (Å²) in [6.45, 7) is 4.55. The van der Waals surface area contributed by atoms with Crippen molar-refractivity contribution in [2.45, 2.75) is 12.8 Å². The molecule has 0 bridgehead atoms. The van der Waals surface area contributed by atoms with E-state index >= 15 is 0 Å². The third-order valence-electron chi connectivity index (χ3n) is 5.26. The van der Waals surface area contributed by atoms with Gasteiger partial charge in [-0.25, -0.2) is 4.39 Å². The molecule has 0 radical (unpaired) electrons. The summed E-state index contributed by atoms with van der Waals surface area (Å²) in [6.07, 6.45) is 0.861. The van der Waals surface area contributed by atoms with Crippen molar-refractivity contribution in [2.24, 2.45) is 5.73 Å². The molecule has 0 aliphatic carbocycles. The van der Waals surface area contributed by atoms with Crippen LogP contribution in [0.3, 0.4) is 0 Å². The summed E-state index contributed by atoms with van der Waals surface area (Å²) < 4.78 is 19.5. The van der Waals surface area contributed by atoms with E-state index in [0.29, 0.717) is 6.42 Å². The van der Waals surface area contributed by atoms with Gasteiger partial charge in [0.05, 0.1) is 11.1 Å². The van der Waals surface area contributed by atoms with Crippen LogP contribution in [-0.2, 0) is 17.6 Å². The van der Waals surface area contributed by atoms with Crippen LogP contribution in [0.15, 0.2) is 42.5 Å². The van der Waals surface area contributed by atoms with Crippen LogP contribution in [0.2, 0.25) is 0 Å². The predicted octanol–water partition coefficient (Wildman–Crippen LogP) is 2.83. The molecule has 2 aromatic carbocycles. The van der Waals surface area contributed by atoms with Crippen LogP contribution >= 0.6 is 11.5 Å². The zero-order valence-electron chi connectivity index (χ0n) is 15.6. The van der Waals surface area contributed by atoms with E-state index in [1.54, 1.807) is 17.6 Å². The second-order valence-corrected chi connectivity index (χ2v) is 7.94. The minimum absolute atomic E-state index is 0.153. The van der Waals surface area contributed by atoms with E-state index in [1.165, 1.54) is 22.2 Å². The highest BCUT2D eigenvalue weighted by atomic mass is 32.1. The normalized spacial score (nSPS) is 15.2. The summed E-state index contributed by atoms with van der Waals surface area (Å²) in [5.41, 5.74) is 7.01. The number of aromatic nitrogens is 1. The highest BCUT2D eigenvalue weighted by Gasteiger charge is 2.20. The number of hydrogen-bond acceptors (Lipinski definition) is 5. The molecule has 0 unspecified atom stereocenters. The Kier molecular flexibility index (Phi) is 5.54. The van der Waals surface area contributed by atoms with Gasteiger partial charge in [0, 0.05) is 38.1 Å². The van der Waals surface area contributed by atoms with Gasteiger partial charge in [-0.3, -0.25) is 9.69 Å². The van der Waals surface area contributed by atoms with Crippen molar-refractivity contribution >= 4 is 33.3 Å². The van der Waals surface area contributed by atoms with Crippen LogP contribution in [-0.4, -0.2) is 47.9 Å². The number of benzene rings is 2. The van der Waals surface area contributed by atoms with Gasteiger partial charge in [0.2, 0.25) is 5.91 Å². The quantitative estimate of drug-likeness (QED) is 0.694. The number of rotatable bonds is 6. The van der Waals surface area contributed by atoms with Crippen LogP contribution in [0, 0.1) is 5.82 Å². The summed E-state index contributed by atoms with van der Waals surface area (Å²) in [7, 11) is 0. The molecular formula is C21H23FN4OS. The first-order valence-corrected chi connectivity index (χ1v) is 10.2. The van der Waals surface area contributed by atoms with Crippen LogP contribution in [0.1, 0.15) is 11.1 Å². The summed E-state index contributed by atoms with van der Waals surface area (Å²) in [5, 5.41) is 1.22. The second-order valence-electron chi connectivity index (χ2n) is 7.14. The van der Waals surface area contributed by atoms with Gasteiger partial charge in [-0.15, -0.1) is 0 Å². The number of anilines is 1. The first-order chi connectivity index (χ1) is 13.6. The number of carbonyl (C=O) groups is 1. The van der Waals surface area contributed by atoms with Crippen molar-refractivity contribution in [2.75, 3.05) is 37.6 Å². The molecule has 0 atom stereocenters. The zero-order valence-corrected chi connectivity index (χ0v) is 16.4. The zero-order chi connectivity index (χ0) is 19.5. The van der Waals surface area contributed by atoms with Crippen molar-refractivity contribution in [3.05, 3.63) is 59.4 Å². The lowest BCUT2D eigenvalue weighted by molar-refractivity contribution is -0.117. The summed E-state index contributed by atoms with van der Waals surface area (Å²) in [4.78, 5) is 16.0. The van der Waals surface area contributed by atoms with Crippen molar-refractivity contribution in [3.8, 4) is 0 Å². The Morgan fingerprint density at radius 2 is 1.89 bits per heavy atom. The molecule has 0 saturated carbocycles. The molecule has 2 heterocycles. The number of nitrogens with two attached hydrogens (primary N) is 1. The van der Waals surface area contributed by atoms with E-state index < -0.39 is 5.91 Å². The predicted molar refractivity (Wildman–Crippen MR) is 111 cm³/mol. The van der Waals surface area contributed by atoms with E-state index in [-0.39, 0.29) is 12.2 Å². The Morgan fingerprint density at radius 1 is 1.11 bits per heavy atom. The standard InChI is InChI=1S/C21H23FN4OS/c22-17-6-5-15(14-20(23)27)16(13-17)7-8-25-9-11-26(12-10-25)21-18-3-1-2-4-19(18)28-24-21/h1-6,13H,7-12,14H2,(H2,23,27). The maximum Gasteiger partial charge on any atom is 0.221 e. The summed E-state index contributed by atoms with van der Waals surface area (Å²) in [6, 6.07) is 12.9. The maximum absolute atomic E-state index is 13.6.